The Morgan fingerprint density at radius 2 is 0.714 bits per heavy atom. The summed E-state index contributed by atoms with van der Waals surface area (Å²) in [5.41, 5.74) is 11.8. The van der Waals surface area contributed by atoms with Gasteiger partial charge in [0, 0.05) is 57.0 Å². The topological polar surface area (TPSA) is 25.8 Å². The number of benzene rings is 8. The molecule has 0 saturated carbocycles. The van der Waals surface area contributed by atoms with Crippen molar-refractivity contribution in [3.05, 3.63) is 194 Å². The van der Waals surface area contributed by atoms with Crippen molar-refractivity contribution in [1.82, 2.24) is 9.97 Å². The quantitative estimate of drug-likeness (QED) is 0.169. The van der Waals surface area contributed by atoms with E-state index in [9.17, 15) is 0 Å². The van der Waals surface area contributed by atoms with Gasteiger partial charge >= 0.3 is 0 Å². The molecular weight excluding hydrogens is 717 g/mol. The molecule has 0 unspecified atom stereocenters. The van der Waals surface area contributed by atoms with Gasteiger partial charge in [0.05, 0.1) is 11.4 Å². The van der Waals surface area contributed by atoms with Crippen LogP contribution in [-0.2, 0) is 0 Å². The van der Waals surface area contributed by atoms with E-state index in [1.54, 1.807) is 0 Å². The van der Waals surface area contributed by atoms with Crippen LogP contribution in [0.1, 0.15) is 0 Å². The van der Waals surface area contributed by atoms with Gasteiger partial charge in [-0.05, 0) is 63.7 Å². The lowest BCUT2D eigenvalue weighted by Gasteiger charge is -2.19. The van der Waals surface area contributed by atoms with E-state index in [2.05, 4.69) is 194 Å². The number of rotatable bonds is 6. The fourth-order valence-corrected chi connectivity index (χ4v) is 10.6. The van der Waals surface area contributed by atoms with Crippen molar-refractivity contribution >= 4 is 63.0 Å². The minimum atomic E-state index is 0.700. The molecule has 8 aromatic carbocycles. The molecule has 11 aromatic rings. The monoisotopic (exact) mass is 748 g/mol. The summed E-state index contributed by atoms with van der Waals surface area (Å²) in [5, 5.41) is 5.04. The molecule has 0 saturated heterocycles. The van der Waals surface area contributed by atoms with Crippen LogP contribution in [0.4, 0.5) is 0 Å². The summed E-state index contributed by atoms with van der Waals surface area (Å²) < 4.78 is 5.01. The number of nitrogens with zero attached hydrogens (tertiary/aromatic N) is 2. The second-order valence-electron chi connectivity index (χ2n) is 14.1. The van der Waals surface area contributed by atoms with Gasteiger partial charge in [0.1, 0.15) is 0 Å². The van der Waals surface area contributed by atoms with E-state index < -0.39 is 0 Å². The zero-order valence-electron chi connectivity index (χ0n) is 30.2. The first kappa shape index (κ1) is 32.7. The lowest BCUT2D eigenvalue weighted by atomic mass is 9.87. The Morgan fingerprint density at radius 3 is 1.20 bits per heavy atom. The number of aromatic nitrogens is 2. The van der Waals surface area contributed by atoms with Gasteiger partial charge in [-0.25, -0.2) is 9.97 Å². The van der Waals surface area contributed by atoms with Gasteiger partial charge in [-0.3, -0.25) is 0 Å². The Hall–Kier alpha value is -6.72. The maximum atomic E-state index is 5.62. The maximum absolute atomic E-state index is 5.62. The lowest BCUT2D eigenvalue weighted by molar-refractivity contribution is 1.19. The van der Waals surface area contributed by atoms with E-state index in [4.69, 9.17) is 9.97 Å². The predicted molar refractivity (Wildman–Crippen MR) is 240 cm³/mol. The van der Waals surface area contributed by atoms with Crippen LogP contribution < -0.4 is 0 Å². The van der Waals surface area contributed by atoms with Crippen molar-refractivity contribution in [2.45, 2.75) is 0 Å². The zero-order valence-corrected chi connectivity index (χ0v) is 31.8. The summed E-state index contributed by atoms with van der Waals surface area (Å²) in [6, 6.07) is 69.6. The van der Waals surface area contributed by atoms with Gasteiger partial charge in [0.2, 0.25) is 0 Å². The van der Waals surface area contributed by atoms with Gasteiger partial charge in [0.25, 0.3) is 0 Å². The highest BCUT2D eigenvalue weighted by molar-refractivity contribution is 7.26. The highest BCUT2D eigenvalue weighted by Gasteiger charge is 2.23. The van der Waals surface area contributed by atoms with Crippen LogP contribution in [-0.4, -0.2) is 9.97 Å². The molecule has 0 spiro atoms. The maximum Gasteiger partial charge on any atom is 0.161 e. The largest absolute Gasteiger partial charge is 0.228 e. The Morgan fingerprint density at radius 1 is 0.304 bits per heavy atom. The fraction of sp³-hybridized carbons (Fsp3) is 0. The average Bonchev–Trinajstić information content (AvgIpc) is 3.85. The van der Waals surface area contributed by atoms with Crippen molar-refractivity contribution in [1.29, 1.82) is 0 Å². The molecule has 0 aliphatic rings. The summed E-state index contributed by atoms with van der Waals surface area (Å²) in [6.45, 7) is 0. The molecule has 262 valence electrons. The molecule has 0 fully saturated rings. The van der Waals surface area contributed by atoms with E-state index in [-0.39, 0.29) is 0 Å². The Labute approximate surface area is 332 Å². The molecule has 3 heterocycles. The average molecular weight is 749 g/mol. The van der Waals surface area contributed by atoms with Crippen LogP contribution >= 0.6 is 22.7 Å². The molecule has 2 nitrogen and oxygen atoms in total. The number of hydrogen-bond acceptors (Lipinski definition) is 4. The van der Waals surface area contributed by atoms with Crippen molar-refractivity contribution in [3.8, 4) is 67.3 Å². The molecule has 4 heteroatoms. The molecule has 0 amide bonds. The molecule has 56 heavy (non-hydrogen) atoms. The summed E-state index contributed by atoms with van der Waals surface area (Å²) >= 11 is 3.67. The minimum absolute atomic E-state index is 0.700. The second-order valence-corrected chi connectivity index (χ2v) is 16.2. The normalized spacial score (nSPS) is 11.6. The molecule has 0 atom stereocenters. The van der Waals surface area contributed by atoms with Gasteiger partial charge in [-0.2, -0.15) is 0 Å². The zero-order chi connectivity index (χ0) is 37.0. The van der Waals surface area contributed by atoms with Crippen LogP contribution in [0.25, 0.3) is 108 Å². The Kier molecular flexibility index (Phi) is 7.90. The van der Waals surface area contributed by atoms with Gasteiger partial charge in [-0.1, -0.05) is 164 Å². The van der Waals surface area contributed by atoms with Crippen molar-refractivity contribution in [2.24, 2.45) is 0 Å². The third-order valence-corrected chi connectivity index (χ3v) is 13.2. The summed E-state index contributed by atoms with van der Waals surface area (Å²) in [4.78, 5) is 11.2. The van der Waals surface area contributed by atoms with Gasteiger partial charge in [-0.15, -0.1) is 22.7 Å². The van der Waals surface area contributed by atoms with Crippen molar-refractivity contribution in [2.75, 3.05) is 0 Å². The first-order valence-electron chi connectivity index (χ1n) is 18.8. The third-order valence-electron chi connectivity index (χ3n) is 10.7. The van der Waals surface area contributed by atoms with Crippen LogP contribution in [0, 0.1) is 0 Å². The van der Waals surface area contributed by atoms with Gasteiger partial charge in [0.15, 0.2) is 5.82 Å². The molecule has 11 rings (SSSR count). The van der Waals surface area contributed by atoms with Crippen LogP contribution in [0.3, 0.4) is 0 Å². The summed E-state index contributed by atoms with van der Waals surface area (Å²) in [5.74, 6) is 0.700. The Bertz CT molecular complexity index is 3040. The first-order valence-corrected chi connectivity index (χ1v) is 20.5. The SMILES string of the molecule is c1ccc(-c2cc(-c3ccccc3)c(-c3nc(-c4cccc5c4sc4ccccc45)cc(-c4cccc5c4sc4ccccc45)n3)c(-c3ccccc3)c2)cc1. The van der Waals surface area contributed by atoms with E-state index in [1.165, 1.54) is 40.3 Å². The van der Waals surface area contributed by atoms with E-state index in [0.717, 1.165) is 61.5 Å². The molecule has 0 aliphatic heterocycles. The lowest BCUT2D eigenvalue weighted by Crippen LogP contribution is -2.00. The molecule has 0 bridgehead atoms. The highest BCUT2D eigenvalue weighted by Crippen LogP contribution is 2.46. The Balaban J connectivity index is 1.26. The van der Waals surface area contributed by atoms with Crippen molar-refractivity contribution in [3.63, 3.8) is 0 Å². The van der Waals surface area contributed by atoms with E-state index >= 15 is 0 Å². The standard InChI is InChI=1S/C52H32N2S2/c1-4-16-33(17-5-1)36-30-43(34-18-6-2-7-19-34)49(44(31-36)35-20-8-3-9-21-35)52-53-45(41-26-14-24-39-37-22-10-12-28-47(37)55-50(39)41)32-46(54-52)42-27-15-25-40-38-23-11-13-29-48(38)56-51(40)42/h1-32H. The third kappa shape index (κ3) is 5.53. The number of hydrogen-bond donors (Lipinski definition) is 0. The van der Waals surface area contributed by atoms with E-state index in [0.29, 0.717) is 5.82 Å². The minimum Gasteiger partial charge on any atom is -0.228 e. The number of fused-ring (bicyclic) bond motifs is 6. The van der Waals surface area contributed by atoms with Crippen LogP contribution in [0.2, 0.25) is 0 Å². The van der Waals surface area contributed by atoms with Gasteiger partial charge < -0.3 is 0 Å². The molecule has 0 N–H and O–H groups in total. The molecule has 3 aromatic heterocycles. The highest BCUT2D eigenvalue weighted by atomic mass is 32.1. The molecule has 0 aliphatic carbocycles. The molecular formula is C52H32N2S2. The second kappa shape index (κ2) is 13.5. The fourth-order valence-electron chi connectivity index (χ4n) is 8.10. The van der Waals surface area contributed by atoms with E-state index in [1.807, 2.05) is 22.7 Å². The summed E-state index contributed by atoms with van der Waals surface area (Å²) in [7, 11) is 0. The first-order chi connectivity index (χ1) is 27.8. The predicted octanol–water partition coefficient (Wildman–Crippen LogP) is 15.2. The smallest absolute Gasteiger partial charge is 0.161 e. The van der Waals surface area contributed by atoms with Crippen LogP contribution in [0.15, 0.2) is 194 Å². The van der Waals surface area contributed by atoms with Crippen molar-refractivity contribution < 1.29 is 0 Å². The summed E-state index contributed by atoms with van der Waals surface area (Å²) in [6.07, 6.45) is 0. The number of thiophene rings is 2. The molecule has 0 radical (unpaired) electrons. The van der Waals surface area contributed by atoms with Crippen LogP contribution in [0.5, 0.6) is 0 Å².